The van der Waals surface area contributed by atoms with Crippen LogP contribution >= 0.6 is 22.9 Å². The van der Waals surface area contributed by atoms with E-state index < -0.39 is 0 Å². The largest absolute Gasteiger partial charge is 0.444 e. The highest BCUT2D eigenvalue weighted by molar-refractivity contribution is 7.13. The highest BCUT2D eigenvalue weighted by atomic mass is 35.5. The van der Waals surface area contributed by atoms with E-state index in [9.17, 15) is 9.59 Å². The van der Waals surface area contributed by atoms with E-state index in [0.29, 0.717) is 48.3 Å². The maximum Gasteiger partial charge on any atom is 0.255 e. The van der Waals surface area contributed by atoms with E-state index in [1.807, 2.05) is 17.5 Å². The van der Waals surface area contributed by atoms with E-state index >= 15 is 0 Å². The molecule has 0 bridgehead atoms. The summed E-state index contributed by atoms with van der Waals surface area (Å²) < 4.78 is 5.49. The van der Waals surface area contributed by atoms with Gasteiger partial charge in [-0.1, -0.05) is 29.8 Å². The summed E-state index contributed by atoms with van der Waals surface area (Å²) in [7, 11) is 0. The molecular formula is C21H20ClN3O3S. The lowest BCUT2D eigenvalue weighted by molar-refractivity contribution is -0.130. The minimum atomic E-state index is -0.0954. The van der Waals surface area contributed by atoms with Crippen LogP contribution in [0.4, 0.5) is 0 Å². The molecule has 0 spiro atoms. The second-order valence-electron chi connectivity index (χ2n) is 6.80. The van der Waals surface area contributed by atoms with Gasteiger partial charge in [0.25, 0.3) is 5.91 Å². The SMILES string of the molecule is O=C(Cc1coc(-c2cccs2)n1)N1CCCN(C(=O)c2ccccc2Cl)CC1. The zero-order valence-electron chi connectivity index (χ0n) is 15.7. The van der Waals surface area contributed by atoms with Gasteiger partial charge in [0, 0.05) is 26.2 Å². The number of hydrogen-bond donors (Lipinski definition) is 0. The summed E-state index contributed by atoms with van der Waals surface area (Å²) in [4.78, 5) is 34.4. The van der Waals surface area contributed by atoms with Crippen LogP contribution in [0.3, 0.4) is 0 Å². The van der Waals surface area contributed by atoms with Gasteiger partial charge >= 0.3 is 0 Å². The van der Waals surface area contributed by atoms with E-state index in [0.717, 1.165) is 11.3 Å². The quantitative estimate of drug-likeness (QED) is 0.629. The van der Waals surface area contributed by atoms with Gasteiger partial charge < -0.3 is 14.2 Å². The molecule has 0 saturated carbocycles. The van der Waals surface area contributed by atoms with E-state index in [4.69, 9.17) is 16.0 Å². The molecule has 3 aromatic rings. The zero-order valence-corrected chi connectivity index (χ0v) is 17.3. The van der Waals surface area contributed by atoms with Crippen LogP contribution in [0.5, 0.6) is 0 Å². The normalized spacial score (nSPS) is 14.7. The number of carbonyl (C=O) groups is 2. The number of oxazole rings is 1. The number of aromatic nitrogens is 1. The molecule has 0 atom stereocenters. The molecule has 0 unspecified atom stereocenters. The summed E-state index contributed by atoms with van der Waals surface area (Å²) in [5.41, 5.74) is 1.12. The van der Waals surface area contributed by atoms with Crippen molar-refractivity contribution in [2.45, 2.75) is 12.8 Å². The number of halogens is 1. The van der Waals surface area contributed by atoms with Crippen molar-refractivity contribution < 1.29 is 14.0 Å². The van der Waals surface area contributed by atoms with E-state index in [1.165, 1.54) is 6.26 Å². The second kappa shape index (κ2) is 8.80. The Balaban J connectivity index is 1.36. The molecule has 6 nitrogen and oxygen atoms in total. The summed E-state index contributed by atoms with van der Waals surface area (Å²) in [6.45, 7) is 2.18. The number of thiophene rings is 1. The van der Waals surface area contributed by atoms with Gasteiger partial charge in [-0.2, -0.15) is 0 Å². The van der Waals surface area contributed by atoms with Crippen molar-refractivity contribution in [3.8, 4) is 10.8 Å². The van der Waals surface area contributed by atoms with Gasteiger partial charge in [0.15, 0.2) is 0 Å². The van der Waals surface area contributed by atoms with Crippen molar-refractivity contribution in [2.75, 3.05) is 26.2 Å². The van der Waals surface area contributed by atoms with Crippen molar-refractivity contribution in [1.82, 2.24) is 14.8 Å². The number of benzene rings is 1. The first-order valence-corrected chi connectivity index (χ1v) is 10.7. The Morgan fingerprint density at radius 2 is 1.86 bits per heavy atom. The molecule has 1 aliphatic heterocycles. The maximum absolute atomic E-state index is 12.8. The average molecular weight is 430 g/mol. The fraction of sp³-hybridized carbons (Fsp3) is 0.286. The lowest BCUT2D eigenvalue weighted by atomic mass is 10.2. The van der Waals surface area contributed by atoms with Gasteiger partial charge in [-0.05, 0) is 30.0 Å². The van der Waals surface area contributed by atoms with Gasteiger partial charge in [0.1, 0.15) is 6.26 Å². The molecule has 3 heterocycles. The molecule has 0 N–H and O–H groups in total. The van der Waals surface area contributed by atoms with E-state index in [1.54, 1.807) is 45.4 Å². The monoisotopic (exact) mass is 429 g/mol. The first-order valence-electron chi connectivity index (χ1n) is 9.41. The Morgan fingerprint density at radius 3 is 2.66 bits per heavy atom. The predicted octanol–water partition coefficient (Wildman–Crippen LogP) is 3.97. The maximum atomic E-state index is 12.8. The minimum absolute atomic E-state index is 0.0110. The third-order valence-electron chi connectivity index (χ3n) is 4.86. The second-order valence-corrected chi connectivity index (χ2v) is 8.16. The number of hydrogen-bond acceptors (Lipinski definition) is 5. The van der Waals surface area contributed by atoms with Gasteiger partial charge in [0.05, 0.1) is 27.6 Å². The molecule has 2 amide bonds. The Bertz CT molecular complexity index is 1000. The average Bonchev–Trinajstić information content (AvgIpc) is 3.35. The standard InChI is InChI=1S/C21H20ClN3O3S/c22-17-6-2-1-5-16(17)21(27)25-9-4-8-24(10-11-25)19(26)13-15-14-28-20(23-15)18-7-3-12-29-18/h1-3,5-7,12,14H,4,8-11,13H2. The molecule has 0 aliphatic carbocycles. The molecule has 1 aliphatic rings. The van der Waals surface area contributed by atoms with Crippen molar-refractivity contribution in [2.24, 2.45) is 0 Å². The Kier molecular flexibility index (Phi) is 5.97. The molecule has 1 saturated heterocycles. The third kappa shape index (κ3) is 4.52. The highest BCUT2D eigenvalue weighted by Crippen LogP contribution is 2.24. The van der Waals surface area contributed by atoms with Crippen LogP contribution in [-0.4, -0.2) is 52.8 Å². The molecule has 2 aromatic heterocycles. The van der Waals surface area contributed by atoms with Crippen LogP contribution in [0.2, 0.25) is 5.02 Å². The van der Waals surface area contributed by atoms with Gasteiger partial charge in [-0.25, -0.2) is 4.98 Å². The van der Waals surface area contributed by atoms with Gasteiger partial charge in [0.2, 0.25) is 11.8 Å². The molecule has 150 valence electrons. The van der Waals surface area contributed by atoms with Crippen LogP contribution in [0, 0.1) is 0 Å². The first kappa shape index (κ1) is 19.7. The Morgan fingerprint density at radius 1 is 1.07 bits per heavy atom. The topological polar surface area (TPSA) is 66.7 Å². The summed E-state index contributed by atoms with van der Waals surface area (Å²) >= 11 is 7.70. The Labute approximate surface area is 177 Å². The molecule has 4 rings (SSSR count). The van der Waals surface area contributed by atoms with Crippen LogP contribution in [-0.2, 0) is 11.2 Å². The van der Waals surface area contributed by atoms with Crippen LogP contribution in [0.15, 0.2) is 52.5 Å². The predicted molar refractivity (Wildman–Crippen MR) is 112 cm³/mol. The lowest BCUT2D eigenvalue weighted by Gasteiger charge is -2.22. The van der Waals surface area contributed by atoms with E-state index in [-0.39, 0.29) is 18.2 Å². The molecule has 8 heteroatoms. The van der Waals surface area contributed by atoms with Crippen molar-refractivity contribution in [3.05, 3.63) is 64.3 Å². The molecular weight excluding hydrogens is 410 g/mol. The van der Waals surface area contributed by atoms with Crippen molar-refractivity contribution in [3.63, 3.8) is 0 Å². The molecule has 29 heavy (non-hydrogen) atoms. The number of nitrogens with zero attached hydrogens (tertiary/aromatic N) is 3. The van der Waals surface area contributed by atoms with Crippen molar-refractivity contribution in [1.29, 1.82) is 0 Å². The van der Waals surface area contributed by atoms with E-state index in [2.05, 4.69) is 4.98 Å². The smallest absolute Gasteiger partial charge is 0.255 e. The summed E-state index contributed by atoms with van der Waals surface area (Å²) in [5.74, 6) is 0.431. The van der Waals surface area contributed by atoms with Crippen molar-refractivity contribution >= 4 is 34.8 Å². The molecule has 1 fully saturated rings. The van der Waals surface area contributed by atoms with Gasteiger partial charge in [-0.15, -0.1) is 11.3 Å². The number of amides is 2. The van der Waals surface area contributed by atoms with Crippen LogP contribution < -0.4 is 0 Å². The molecule has 0 radical (unpaired) electrons. The lowest BCUT2D eigenvalue weighted by Crippen LogP contribution is -2.38. The Hall–Kier alpha value is -2.64. The zero-order chi connectivity index (χ0) is 20.2. The number of rotatable bonds is 4. The number of carbonyl (C=O) groups excluding carboxylic acids is 2. The summed E-state index contributed by atoms with van der Waals surface area (Å²) in [5, 5.41) is 2.40. The molecule has 1 aromatic carbocycles. The van der Waals surface area contributed by atoms with Crippen LogP contribution in [0.25, 0.3) is 10.8 Å². The minimum Gasteiger partial charge on any atom is -0.444 e. The summed E-state index contributed by atoms with van der Waals surface area (Å²) in [6, 6.07) is 10.9. The third-order valence-corrected chi connectivity index (χ3v) is 6.04. The highest BCUT2D eigenvalue weighted by Gasteiger charge is 2.24. The van der Waals surface area contributed by atoms with Crippen LogP contribution in [0.1, 0.15) is 22.5 Å². The first-order chi connectivity index (χ1) is 14.1. The fourth-order valence-electron chi connectivity index (χ4n) is 3.34. The summed E-state index contributed by atoms with van der Waals surface area (Å²) in [6.07, 6.45) is 2.45. The fourth-order valence-corrected chi connectivity index (χ4v) is 4.22. The van der Waals surface area contributed by atoms with Gasteiger partial charge in [-0.3, -0.25) is 9.59 Å².